The van der Waals surface area contributed by atoms with Crippen molar-refractivity contribution in [1.29, 1.82) is 5.26 Å². The molecule has 0 unspecified atom stereocenters. The first kappa shape index (κ1) is 12.1. The number of benzene rings is 2. The van der Waals surface area contributed by atoms with Crippen LogP contribution in [0.15, 0.2) is 54.6 Å². The molecule has 0 aliphatic rings. The Morgan fingerprint density at radius 1 is 1.00 bits per heavy atom. The van der Waals surface area contributed by atoms with E-state index < -0.39 is 0 Å². The number of hydrogen-bond donors (Lipinski definition) is 0. The van der Waals surface area contributed by atoms with Crippen LogP contribution in [0.1, 0.15) is 11.1 Å². The summed E-state index contributed by atoms with van der Waals surface area (Å²) in [5, 5.41) is 21.5. The van der Waals surface area contributed by atoms with Gasteiger partial charge in [0.1, 0.15) is 0 Å². The van der Waals surface area contributed by atoms with Crippen LogP contribution in [0.5, 0.6) is 0 Å². The molecule has 0 atom stereocenters. The second-order valence-corrected chi connectivity index (χ2v) is 4.28. The van der Waals surface area contributed by atoms with Gasteiger partial charge in [-0.2, -0.15) is 10.1 Å². The van der Waals surface area contributed by atoms with Gasteiger partial charge >= 0.3 is 0 Å². The summed E-state index contributed by atoms with van der Waals surface area (Å²) in [5.41, 5.74) is 2.44. The smallest absolute Gasteiger partial charge is 0.192 e. The van der Waals surface area contributed by atoms with Crippen LogP contribution in [0.2, 0.25) is 0 Å². The summed E-state index contributed by atoms with van der Waals surface area (Å²) >= 11 is 0. The molecular weight excluding hydrogens is 250 g/mol. The van der Waals surface area contributed by atoms with Crippen LogP contribution in [0.3, 0.4) is 0 Å². The van der Waals surface area contributed by atoms with Gasteiger partial charge in [-0.3, -0.25) is 0 Å². The minimum atomic E-state index is 0.434. The minimum absolute atomic E-state index is 0.434. The molecule has 0 radical (unpaired) electrons. The molecule has 0 saturated heterocycles. The summed E-state index contributed by atoms with van der Waals surface area (Å²) in [6.45, 7) is 0.434. The quantitative estimate of drug-likeness (QED) is 0.725. The average molecular weight is 261 g/mol. The lowest BCUT2D eigenvalue weighted by atomic mass is 10.1. The van der Waals surface area contributed by atoms with E-state index in [0.717, 1.165) is 11.1 Å². The van der Waals surface area contributed by atoms with Crippen molar-refractivity contribution in [2.24, 2.45) is 0 Å². The lowest BCUT2D eigenvalue weighted by Gasteiger charge is -2.01. The Kier molecular flexibility index (Phi) is 3.21. The highest BCUT2D eigenvalue weighted by atomic mass is 15.6. The molecule has 0 aliphatic carbocycles. The number of rotatable bonds is 3. The molecule has 0 aliphatic heterocycles. The van der Waals surface area contributed by atoms with E-state index in [-0.39, 0.29) is 0 Å². The molecular formula is C15H11N5. The van der Waals surface area contributed by atoms with Crippen molar-refractivity contribution in [2.45, 2.75) is 6.54 Å². The zero-order chi connectivity index (χ0) is 13.8. The maximum atomic E-state index is 9.06. The van der Waals surface area contributed by atoms with Crippen LogP contribution in [0.25, 0.3) is 11.4 Å². The zero-order valence-corrected chi connectivity index (χ0v) is 10.6. The summed E-state index contributed by atoms with van der Waals surface area (Å²) in [6, 6.07) is 19.2. The molecule has 3 aromatic rings. The highest BCUT2D eigenvalue weighted by molar-refractivity contribution is 5.53. The molecule has 0 fully saturated rings. The first-order chi connectivity index (χ1) is 9.86. The maximum Gasteiger partial charge on any atom is 0.204 e. The van der Waals surface area contributed by atoms with Crippen molar-refractivity contribution in [3.63, 3.8) is 0 Å². The summed E-state index contributed by atoms with van der Waals surface area (Å²) in [4.78, 5) is 1.50. The van der Waals surface area contributed by atoms with E-state index in [0.29, 0.717) is 17.9 Å². The Labute approximate surface area is 116 Å². The predicted octanol–water partition coefficient (Wildman–Crippen LogP) is 2.26. The number of nitrogens with zero attached hydrogens (tertiary/aromatic N) is 5. The fraction of sp³-hybridized carbons (Fsp3) is 0.0667. The van der Waals surface area contributed by atoms with Gasteiger partial charge in [0, 0.05) is 5.56 Å². The molecule has 5 heteroatoms. The fourth-order valence-electron chi connectivity index (χ4n) is 1.93. The second-order valence-electron chi connectivity index (χ2n) is 4.28. The zero-order valence-electron chi connectivity index (χ0n) is 10.6. The SMILES string of the molecule is N#Cc1ccccc1Cn1nnc(-c2ccccc2)n1. The van der Waals surface area contributed by atoms with Crippen molar-refractivity contribution in [3.8, 4) is 17.5 Å². The van der Waals surface area contributed by atoms with E-state index in [1.807, 2.05) is 48.5 Å². The Morgan fingerprint density at radius 2 is 1.75 bits per heavy atom. The lowest BCUT2D eigenvalue weighted by molar-refractivity contribution is 0.572. The molecule has 0 N–H and O–H groups in total. The summed E-state index contributed by atoms with van der Waals surface area (Å²) in [6.07, 6.45) is 0. The molecule has 1 heterocycles. The molecule has 2 aromatic carbocycles. The van der Waals surface area contributed by atoms with E-state index >= 15 is 0 Å². The van der Waals surface area contributed by atoms with Crippen LogP contribution >= 0.6 is 0 Å². The molecule has 0 amide bonds. The topological polar surface area (TPSA) is 67.4 Å². The minimum Gasteiger partial charge on any atom is -0.192 e. The Morgan fingerprint density at radius 3 is 2.55 bits per heavy atom. The first-order valence-electron chi connectivity index (χ1n) is 6.18. The van der Waals surface area contributed by atoms with Crippen molar-refractivity contribution >= 4 is 0 Å². The van der Waals surface area contributed by atoms with Gasteiger partial charge in [0.2, 0.25) is 5.82 Å². The van der Waals surface area contributed by atoms with Gasteiger partial charge in [-0.25, -0.2) is 0 Å². The van der Waals surface area contributed by atoms with Gasteiger partial charge in [-0.05, 0) is 16.8 Å². The number of hydrogen-bond acceptors (Lipinski definition) is 4. The summed E-state index contributed by atoms with van der Waals surface area (Å²) < 4.78 is 0. The molecule has 1 aromatic heterocycles. The van der Waals surface area contributed by atoms with Gasteiger partial charge < -0.3 is 0 Å². The Bertz CT molecular complexity index is 755. The predicted molar refractivity (Wildman–Crippen MR) is 73.5 cm³/mol. The maximum absolute atomic E-state index is 9.06. The first-order valence-corrected chi connectivity index (χ1v) is 6.18. The van der Waals surface area contributed by atoms with Crippen molar-refractivity contribution in [1.82, 2.24) is 20.2 Å². The Balaban J connectivity index is 1.87. The fourth-order valence-corrected chi connectivity index (χ4v) is 1.93. The largest absolute Gasteiger partial charge is 0.204 e. The van der Waals surface area contributed by atoms with E-state index in [9.17, 15) is 0 Å². The van der Waals surface area contributed by atoms with E-state index in [2.05, 4.69) is 21.5 Å². The van der Waals surface area contributed by atoms with Crippen molar-refractivity contribution in [2.75, 3.05) is 0 Å². The van der Waals surface area contributed by atoms with Gasteiger partial charge in [-0.1, -0.05) is 48.5 Å². The van der Waals surface area contributed by atoms with Crippen LogP contribution in [0.4, 0.5) is 0 Å². The van der Waals surface area contributed by atoms with Gasteiger partial charge in [0.15, 0.2) is 0 Å². The third-order valence-corrected chi connectivity index (χ3v) is 2.93. The molecule has 0 spiro atoms. The third-order valence-electron chi connectivity index (χ3n) is 2.93. The van der Waals surface area contributed by atoms with Crippen molar-refractivity contribution < 1.29 is 0 Å². The molecule has 3 rings (SSSR count). The standard InChI is InChI=1S/C15H11N5/c16-10-13-8-4-5-9-14(13)11-20-18-15(17-19-20)12-6-2-1-3-7-12/h1-9H,11H2. The molecule has 0 bridgehead atoms. The van der Waals surface area contributed by atoms with E-state index in [4.69, 9.17) is 5.26 Å². The molecule has 96 valence electrons. The van der Waals surface area contributed by atoms with Gasteiger partial charge in [-0.15, -0.1) is 10.2 Å². The molecule has 20 heavy (non-hydrogen) atoms. The second kappa shape index (κ2) is 5.33. The Hall–Kier alpha value is -3.00. The van der Waals surface area contributed by atoms with Crippen molar-refractivity contribution in [3.05, 3.63) is 65.7 Å². The van der Waals surface area contributed by atoms with Crippen LogP contribution in [-0.2, 0) is 6.54 Å². The van der Waals surface area contributed by atoms with Gasteiger partial charge in [0.05, 0.1) is 18.2 Å². The van der Waals surface area contributed by atoms with Crippen LogP contribution < -0.4 is 0 Å². The van der Waals surface area contributed by atoms with Crippen LogP contribution in [0, 0.1) is 11.3 Å². The third kappa shape index (κ3) is 2.40. The number of tetrazole rings is 1. The lowest BCUT2D eigenvalue weighted by Crippen LogP contribution is -2.05. The summed E-state index contributed by atoms with van der Waals surface area (Å²) in [7, 11) is 0. The highest BCUT2D eigenvalue weighted by Crippen LogP contribution is 2.13. The van der Waals surface area contributed by atoms with Gasteiger partial charge in [0.25, 0.3) is 0 Å². The average Bonchev–Trinajstić information content (AvgIpc) is 2.97. The van der Waals surface area contributed by atoms with E-state index in [1.54, 1.807) is 6.07 Å². The number of nitriles is 1. The number of aromatic nitrogens is 4. The van der Waals surface area contributed by atoms with Crippen LogP contribution in [-0.4, -0.2) is 20.2 Å². The molecule has 0 saturated carbocycles. The highest BCUT2D eigenvalue weighted by Gasteiger charge is 2.07. The van der Waals surface area contributed by atoms with E-state index in [1.165, 1.54) is 4.80 Å². The molecule has 5 nitrogen and oxygen atoms in total. The normalized spacial score (nSPS) is 10.2. The monoisotopic (exact) mass is 261 g/mol. The summed E-state index contributed by atoms with van der Waals surface area (Å²) in [5.74, 6) is 0.583.